The van der Waals surface area contributed by atoms with Gasteiger partial charge >= 0.3 is 0 Å². The van der Waals surface area contributed by atoms with Crippen LogP contribution in [0, 0.1) is 45.8 Å². The number of Topliss-reactive ketones (excluding diaryl/α,β-unsaturated/α-hetero) is 1. The lowest BCUT2D eigenvalue weighted by molar-refractivity contribution is -0.380. The van der Waals surface area contributed by atoms with Gasteiger partial charge in [-0.25, -0.2) is 0 Å². The number of hydrogen-bond donors (Lipinski definition) is 8. The van der Waals surface area contributed by atoms with Crippen molar-refractivity contribution in [3.05, 3.63) is 0 Å². The molecule has 4 aliphatic heterocycles. The second kappa shape index (κ2) is 13.8. The molecule has 4 aliphatic carbocycles. The lowest BCUT2D eigenvalue weighted by Gasteiger charge is -2.68. The van der Waals surface area contributed by atoms with Crippen LogP contribution < -0.4 is 0 Å². The van der Waals surface area contributed by atoms with E-state index < -0.39 is 103 Å². The molecule has 0 bridgehead atoms. The Kier molecular flexibility index (Phi) is 10.3. The van der Waals surface area contributed by atoms with Crippen molar-refractivity contribution in [2.75, 3.05) is 13.2 Å². The van der Waals surface area contributed by atoms with Gasteiger partial charge in [0, 0.05) is 30.1 Å². The molecule has 15 nitrogen and oxygen atoms in total. The molecule has 0 amide bonds. The number of fused-ring (bicyclic) bond motifs is 5. The van der Waals surface area contributed by atoms with Gasteiger partial charge in [0.2, 0.25) is 0 Å². The van der Waals surface area contributed by atoms with E-state index in [1.165, 1.54) is 0 Å². The fourth-order valence-electron chi connectivity index (χ4n) is 13.7. The van der Waals surface area contributed by atoms with Crippen LogP contribution in [0.4, 0.5) is 0 Å². The molecule has 0 aromatic rings. The largest absolute Gasteiger partial charge is 0.394 e. The maximum absolute atomic E-state index is 13.9. The van der Waals surface area contributed by atoms with E-state index in [4.69, 9.17) is 28.4 Å². The third-order valence-corrected chi connectivity index (χ3v) is 16.2. The van der Waals surface area contributed by atoms with Gasteiger partial charge in [-0.15, -0.1) is 0 Å². The minimum atomic E-state index is -1.80. The quantitative estimate of drug-likeness (QED) is 0.160. The normalized spacial score (nSPS) is 56.0. The molecular weight excluding hydrogens is 720 g/mol. The zero-order chi connectivity index (χ0) is 39.8. The summed E-state index contributed by atoms with van der Waals surface area (Å²) in [5, 5.41) is 85.1. The number of rotatable bonds is 7. The first-order valence-corrected chi connectivity index (χ1v) is 20.6. The van der Waals surface area contributed by atoms with Gasteiger partial charge in [-0.1, -0.05) is 27.7 Å². The van der Waals surface area contributed by atoms with Crippen LogP contribution in [0.1, 0.15) is 92.9 Å². The van der Waals surface area contributed by atoms with Crippen LogP contribution in [-0.2, 0) is 33.2 Å². The van der Waals surface area contributed by atoms with Crippen molar-refractivity contribution in [2.24, 2.45) is 45.8 Å². The first kappa shape index (κ1) is 40.9. The molecule has 21 atom stereocenters. The summed E-state index contributed by atoms with van der Waals surface area (Å²) in [5.41, 5.74) is -2.49. The Morgan fingerprint density at radius 3 is 2.04 bits per heavy atom. The van der Waals surface area contributed by atoms with Crippen LogP contribution in [0.5, 0.6) is 0 Å². The van der Waals surface area contributed by atoms with E-state index in [9.17, 15) is 45.6 Å². The van der Waals surface area contributed by atoms with E-state index >= 15 is 0 Å². The van der Waals surface area contributed by atoms with Crippen LogP contribution in [-0.4, -0.2) is 151 Å². The van der Waals surface area contributed by atoms with Crippen LogP contribution in [0.25, 0.3) is 0 Å². The Morgan fingerprint density at radius 1 is 0.764 bits per heavy atom. The fourth-order valence-corrected chi connectivity index (χ4v) is 13.7. The van der Waals surface area contributed by atoms with Crippen molar-refractivity contribution in [1.82, 2.24) is 0 Å². The fraction of sp³-hybridized carbons (Fsp3) is 0.975. The van der Waals surface area contributed by atoms with Gasteiger partial charge in [0.15, 0.2) is 18.4 Å². The smallest absolute Gasteiger partial charge is 0.187 e. The van der Waals surface area contributed by atoms with Gasteiger partial charge in [-0.05, 0) is 81.0 Å². The molecule has 4 heterocycles. The lowest BCUT2D eigenvalue weighted by atomic mass is 9.37. The number of carbonyl (C=O) groups is 1. The third kappa shape index (κ3) is 6.08. The van der Waals surface area contributed by atoms with Crippen molar-refractivity contribution in [1.29, 1.82) is 0 Å². The van der Waals surface area contributed by atoms with E-state index in [1.807, 2.05) is 13.8 Å². The summed E-state index contributed by atoms with van der Waals surface area (Å²) in [4.78, 5) is 13.9. The highest BCUT2D eigenvalue weighted by atomic mass is 16.8. The van der Waals surface area contributed by atoms with Crippen LogP contribution >= 0.6 is 0 Å². The molecule has 15 heteroatoms. The zero-order valence-electron chi connectivity index (χ0n) is 32.9. The van der Waals surface area contributed by atoms with Gasteiger partial charge in [-0.3, -0.25) is 4.79 Å². The average Bonchev–Trinajstić information content (AvgIpc) is 3.84. The van der Waals surface area contributed by atoms with Crippen molar-refractivity contribution >= 4 is 5.78 Å². The molecule has 0 radical (unpaired) electrons. The van der Waals surface area contributed by atoms with Crippen LogP contribution in [0.15, 0.2) is 0 Å². The second-order valence-electron chi connectivity index (χ2n) is 19.9. The molecule has 314 valence electrons. The van der Waals surface area contributed by atoms with E-state index in [1.54, 1.807) is 13.8 Å². The van der Waals surface area contributed by atoms with Crippen molar-refractivity contribution in [3.8, 4) is 0 Å². The van der Waals surface area contributed by atoms with Crippen molar-refractivity contribution < 1.29 is 74.1 Å². The van der Waals surface area contributed by atoms with Crippen molar-refractivity contribution in [3.63, 3.8) is 0 Å². The molecule has 8 aliphatic rings. The molecule has 8 N–H and O–H groups in total. The third-order valence-electron chi connectivity index (χ3n) is 16.2. The number of ketones is 1. The first-order chi connectivity index (χ1) is 25.7. The molecule has 4 saturated heterocycles. The van der Waals surface area contributed by atoms with E-state index in [-0.39, 0.29) is 53.0 Å². The van der Waals surface area contributed by atoms with Gasteiger partial charge < -0.3 is 69.3 Å². The maximum Gasteiger partial charge on any atom is 0.187 e. The summed E-state index contributed by atoms with van der Waals surface area (Å²) >= 11 is 0. The lowest BCUT2D eigenvalue weighted by Crippen LogP contribution is -2.68. The molecule has 0 aromatic carbocycles. The van der Waals surface area contributed by atoms with Gasteiger partial charge in [0.25, 0.3) is 0 Å². The summed E-state index contributed by atoms with van der Waals surface area (Å²) in [7, 11) is 0. The summed E-state index contributed by atoms with van der Waals surface area (Å²) < 4.78 is 38.6. The van der Waals surface area contributed by atoms with E-state index in [0.29, 0.717) is 19.3 Å². The summed E-state index contributed by atoms with van der Waals surface area (Å²) in [6, 6.07) is 0. The number of ether oxygens (including phenoxy) is 6. The topological polar surface area (TPSA) is 234 Å². The maximum atomic E-state index is 13.9. The molecule has 8 fully saturated rings. The zero-order valence-corrected chi connectivity index (χ0v) is 32.9. The number of aliphatic hydroxyl groups excluding tert-OH is 7. The summed E-state index contributed by atoms with van der Waals surface area (Å²) in [6.07, 6.45) is -10.9. The highest BCUT2D eigenvalue weighted by molar-refractivity contribution is 5.85. The molecule has 11 unspecified atom stereocenters. The number of aliphatic hydroxyl groups is 8. The molecule has 4 saturated carbocycles. The Hall–Kier alpha value is -0.890. The van der Waals surface area contributed by atoms with Crippen molar-refractivity contribution in [2.45, 2.75) is 184 Å². The minimum Gasteiger partial charge on any atom is -0.394 e. The Morgan fingerprint density at radius 2 is 1.40 bits per heavy atom. The molecule has 1 spiro atoms. The minimum absolute atomic E-state index is 0.0215. The Bertz CT molecular complexity index is 1450. The van der Waals surface area contributed by atoms with Crippen LogP contribution in [0.3, 0.4) is 0 Å². The summed E-state index contributed by atoms with van der Waals surface area (Å²) in [6.45, 7) is 10.8. The summed E-state index contributed by atoms with van der Waals surface area (Å²) in [5.74, 6) is -0.101. The van der Waals surface area contributed by atoms with Gasteiger partial charge in [-0.2, -0.15) is 0 Å². The highest BCUT2D eigenvalue weighted by Gasteiger charge is 2.74. The number of hydrogen-bond acceptors (Lipinski definition) is 15. The van der Waals surface area contributed by atoms with Crippen LogP contribution in [0.2, 0.25) is 0 Å². The predicted octanol–water partition coefficient (Wildman–Crippen LogP) is 0.125. The SMILES string of the molecule is CC1(C)C(=O)CC[C@@]2(C)C1[C@@H](O[C@H]1OC(CO)[C@H](O)C(O)C1OC1OC(CO)[C@H](O)C(O)C1O)C[C@]1(C)C2C[C@H]2O[C@]3(CC[C@H](C(C)(C)O)O3)C3CC[C@@H]1C32. The van der Waals surface area contributed by atoms with E-state index in [0.717, 1.165) is 32.1 Å². The molecule has 8 rings (SSSR count). The standard InChI is InChI=1S/C40H64O15/c1-36(2)24(43)9-11-38(5)23-13-19-26-17(7-8-18(26)40(54-19)12-10-25(55-40)37(3,4)49)39(23,6)14-20(33(36)38)50-35-32(30(47)28(45)22(16-42)52-35)53-34-31(48)29(46)27(44)21(15-41)51-34/h17-23,25-35,41-42,44-49H,7-16H2,1-6H3/t17-,18?,19-,20+,21?,22?,23?,25-,26?,27+,28+,29?,30?,31?,32?,33?,34?,35+,38-,39+,40+/m1/s1. The Labute approximate surface area is 322 Å². The average molecular weight is 785 g/mol. The predicted molar refractivity (Wildman–Crippen MR) is 189 cm³/mol. The van der Waals surface area contributed by atoms with E-state index in [2.05, 4.69) is 13.8 Å². The Balaban J connectivity index is 1.14. The monoisotopic (exact) mass is 784 g/mol. The first-order valence-electron chi connectivity index (χ1n) is 20.6. The number of carbonyl (C=O) groups excluding carboxylic acids is 1. The van der Waals surface area contributed by atoms with Gasteiger partial charge in [0.05, 0.1) is 37.1 Å². The second-order valence-corrected chi connectivity index (χ2v) is 19.9. The highest BCUT2D eigenvalue weighted by Crippen LogP contribution is 2.74. The molecule has 55 heavy (non-hydrogen) atoms. The van der Waals surface area contributed by atoms with Gasteiger partial charge in [0.1, 0.15) is 54.6 Å². The molecular formula is C40H64O15. The molecule has 0 aromatic heterocycles.